The number of hydrogen-bond donors (Lipinski definition) is 0. The highest BCUT2D eigenvalue weighted by atomic mass is 16.5. The van der Waals surface area contributed by atoms with Gasteiger partial charge in [0.2, 0.25) is 0 Å². The zero-order chi connectivity index (χ0) is 9.23. The molecule has 0 aromatic carbocycles. The molecule has 0 saturated carbocycles. The Kier molecular flexibility index (Phi) is 8.57. The Morgan fingerprint density at radius 3 is 2.58 bits per heavy atom. The van der Waals surface area contributed by atoms with E-state index in [1.807, 2.05) is 6.08 Å². The van der Waals surface area contributed by atoms with Crippen molar-refractivity contribution in [3.8, 4) is 0 Å². The summed E-state index contributed by atoms with van der Waals surface area (Å²) < 4.78 is 5.35. The van der Waals surface area contributed by atoms with E-state index in [4.69, 9.17) is 4.74 Å². The van der Waals surface area contributed by atoms with Crippen molar-refractivity contribution in [3.05, 3.63) is 12.7 Å². The third-order valence-corrected chi connectivity index (χ3v) is 2.16. The minimum atomic E-state index is 0.453. The van der Waals surface area contributed by atoms with Crippen molar-refractivity contribution >= 4 is 0 Å². The first kappa shape index (κ1) is 11.7. The van der Waals surface area contributed by atoms with Crippen molar-refractivity contribution in [2.75, 3.05) is 7.11 Å². The molecule has 0 aliphatic rings. The van der Waals surface area contributed by atoms with Crippen LogP contribution in [-0.4, -0.2) is 13.2 Å². The minimum Gasteiger partial charge on any atom is -0.381 e. The first-order chi connectivity index (χ1) is 5.85. The van der Waals surface area contributed by atoms with E-state index in [0.717, 1.165) is 12.8 Å². The Morgan fingerprint density at radius 2 is 2.08 bits per heavy atom. The summed E-state index contributed by atoms with van der Waals surface area (Å²) in [4.78, 5) is 0. The van der Waals surface area contributed by atoms with Crippen LogP contribution in [0.3, 0.4) is 0 Å². The highest BCUT2D eigenvalue weighted by Gasteiger charge is 2.04. The molecule has 0 aliphatic carbocycles. The van der Waals surface area contributed by atoms with Gasteiger partial charge in [-0.3, -0.25) is 0 Å². The van der Waals surface area contributed by atoms with E-state index in [1.165, 1.54) is 25.7 Å². The molecule has 0 rings (SSSR count). The quantitative estimate of drug-likeness (QED) is 0.400. The van der Waals surface area contributed by atoms with Crippen molar-refractivity contribution < 1.29 is 4.74 Å². The molecule has 0 aromatic heterocycles. The first-order valence-corrected chi connectivity index (χ1v) is 4.98. The molecule has 1 heteroatoms. The second-order valence-electron chi connectivity index (χ2n) is 3.22. The summed E-state index contributed by atoms with van der Waals surface area (Å²) in [6.45, 7) is 5.94. The molecule has 0 bridgehead atoms. The maximum Gasteiger partial charge on any atom is 0.0574 e. The van der Waals surface area contributed by atoms with Crippen molar-refractivity contribution in [1.29, 1.82) is 0 Å². The molecule has 0 spiro atoms. The van der Waals surface area contributed by atoms with E-state index >= 15 is 0 Å². The summed E-state index contributed by atoms with van der Waals surface area (Å²) in [5, 5.41) is 0. The van der Waals surface area contributed by atoms with Crippen molar-refractivity contribution in [2.24, 2.45) is 0 Å². The summed E-state index contributed by atoms with van der Waals surface area (Å²) in [7, 11) is 1.81. The minimum absolute atomic E-state index is 0.453. The van der Waals surface area contributed by atoms with Gasteiger partial charge >= 0.3 is 0 Å². The average molecular weight is 170 g/mol. The van der Waals surface area contributed by atoms with Crippen LogP contribution in [0.15, 0.2) is 12.7 Å². The number of methoxy groups -OCH3 is 1. The molecule has 0 aliphatic heterocycles. The molecule has 0 aromatic rings. The Hall–Kier alpha value is -0.300. The summed E-state index contributed by atoms with van der Waals surface area (Å²) in [5.41, 5.74) is 0. The second kappa shape index (κ2) is 8.79. The predicted octanol–water partition coefficient (Wildman–Crippen LogP) is 3.55. The molecule has 0 radical (unpaired) electrons. The van der Waals surface area contributed by atoms with Gasteiger partial charge in [0.25, 0.3) is 0 Å². The van der Waals surface area contributed by atoms with Crippen LogP contribution in [0.5, 0.6) is 0 Å². The lowest BCUT2D eigenvalue weighted by Gasteiger charge is -2.13. The van der Waals surface area contributed by atoms with Crippen LogP contribution in [-0.2, 0) is 4.74 Å². The lowest BCUT2D eigenvalue weighted by atomic mass is 10.1. The van der Waals surface area contributed by atoms with E-state index < -0.39 is 0 Å². The summed E-state index contributed by atoms with van der Waals surface area (Å²) in [6.07, 6.45) is 9.74. The van der Waals surface area contributed by atoms with Crippen molar-refractivity contribution in [1.82, 2.24) is 0 Å². The van der Waals surface area contributed by atoms with E-state index in [-0.39, 0.29) is 0 Å². The normalized spacial score (nSPS) is 12.8. The second-order valence-corrected chi connectivity index (χ2v) is 3.22. The van der Waals surface area contributed by atoms with Gasteiger partial charge in [0.1, 0.15) is 0 Å². The molecule has 1 nitrogen and oxygen atoms in total. The van der Waals surface area contributed by atoms with Crippen molar-refractivity contribution in [2.45, 2.75) is 51.6 Å². The number of ether oxygens (including phenoxy) is 1. The molecule has 0 heterocycles. The molecule has 0 fully saturated rings. The highest BCUT2D eigenvalue weighted by molar-refractivity contribution is 4.69. The van der Waals surface area contributed by atoms with Gasteiger partial charge in [0, 0.05) is 7.11 Å². The summed E-state index contributed by atoms with van der Waals surface area (Å²) in [6, 6.07) is 0. The SMILES string of the molecule is C=CCCC(CCCCC)OC. The highest BCUT2D eigenvalue weighted by Crippen LogP contribution is 2.11. The third-order valence-electron chi connectivity index (χ3n) is 2.16. The van der Waals surface area contributed by atoms with Crippen LogP contribution in [0.4, 0.5) is 0 Å². The van der Waals surface area contributed by atoms with Gasteiger partial charge in [-0.1, -0.05) is 32.3 Å². The molecule has 0 saturated heterocycles. The maximum absolute atomic E-state index is 5.35. The third kappa shape index (κ3) is 6.41. The number of hydrogen-bond acceptors (Lipinski definition) is 1. The predicted molar refractivity (Wildman–Crippen MR) is 54.4 cm³/mol. The molecular formula is C11H22O. The van der Waals surface area contributed by atoms with Crippen molar-refractivity contribution in [3.63, 3.8) is 0 Å². The van der Waals surface area contributed by atoms with E-state index in [9.17, 15) is 0 Å². The van der Waals surface area contributed by atoms with Crippen LogP contribution >= 0.6 is 0 Å². The van der Waals surface area contributed by atoms with Gasteiger partial charge in [-0.05, 0) is 19.3 Å². The van der Waals surface area contributed by atoms with Gasteiger partial charge in [0.15, 0.2) is 0 Å². The molecular weight excluding hydrogens is 148 g/mol. The number of allylic oxidation sites excluding steroid dienone is 1. The molecule has 0 amide bonds. The Morgan fingerprint density at radius 1 is 1.33 bits per heavy atom. The van der Waals surface area contributed by atoms with Gasteiger partial charge in [-0.15, -0.1) is 6.58 Å². The van der Waals surface area contributed by atoms with Gasteiger partial charge in [-0.25, -0.2) is 0 Å². The fraction of sp³-hybridized carbons (Fsp3) is 0.818. The van der Waals surface area contributed by atoms with E-state index in [1.54, 1.807) is 7.11 Å². The molecule has 1 unspecified atom stereocenters. The van der Waals surface area contributed by atoms with Crippen LogP contribution in [0.1, 0.15) is 45.4 Å². The maximum atomic E-state index is 5.35. The number of rotatable bonds is 8. The molecule has 0 N–H and O–H groups in total. The fourth-order valence-electron chi connectivity index (χ4n) is 1.31. The van der Waals surface area contributed by atoms with Gasteiger partial charge in [-0.2, -0.15) is 0 Å². The van der Waals surface area contributed by atoms with Gasteiger partial charge in [0.05, 0.1) is 6.10 Å². The Labute approximate surface area is 76.8 Å². The first-order valence-electron chi connectivity index (χ1n) is 4.98. The topological polar surface area (TPSA) is 9.23 Å². The monoisotopic (exact) mass is 170 g/mol. The standard InChI is InChI=1S/C11H22O/c1-4-6-8-10-11(12-3)9-7-5-2/h5,11H,2,4,6-10H2,1,3H3. The van der Waals surface area contributed by atoms with Gasteiger partial charge < -0.3 is 4.74 Å². The lowest BCUT2D eigenvalue weighted by Crippen LogP contribution is -2.09. The fourth-order valence-corrected chi connectivity index (χ4v) is 1.31. The molecule has 1 atom stereocenters. The van der Waals surface area contributed by atoms with E-state index in [2.05, 4.69) is 13.5 Å². The molecule has 72 valence electrons. The van der Waals surface area contributed by atoms with Crippen LogP contribution in [0.2, 0.25) is 0 Å². The zero-order valence-electron chi connectivity index (χ0n) is 8.51. The Balaban J connectivity index is 3.32. The average Bonchev–Trinajstić information content (AvgIpc) is 2.11. The lowest BCUT2D eigenvalue weighted by molar-refractivity contribution is 0.0865. The van der Waals surface area contributed by atoms with Crippen LogP contribution < -0.4 is 0 Å². The van der Waals surface area contributed by atoms with Crippen LogP contribution in [0, 0.1) is 0 Å². The summed E-state index contributed by atoms with van der Waals surface area (Å²) >= 11 is 0. The largest absolute Gasteiger partial charge is 0.381 e. The number of unbranched alkanes of at least 4 members (excludes halogenated alkanes) is 2. The zero-order valence-corrected chi connectivity index (χ0v) is 8.51. The summed E-state index contributed by atoms with van der Waals surface area (Å²) in [5.74, 6) is 0. The van der Waals surface area contributed by atoms with Crippen LogP contribution in [0.25, 0.3) is 0 Å². The Bertz CT molecular complexity index is 99.2. The smallest absolute Gasteiger partial charge is 0.0574 e. The van der Waals surface area contributed by atoms with E-state index in [0.29, 0.717) is 6.10 Å². The molecule has 12 heavy (non-hydrogen) atoms.